The van der Waals surface area contributed by atoms with Gasteiger partial charge in [-0.1, -0.05) is 140 Å². The maximum absolute atomic E-state index is 3.90. The molecule has 0 bridgehead atoms. The average molecular weight is 629 g/mol. The molecule has 7 aromatic carbocycles. The third kappa shape index (κ3) is 5.32. The summed E-state index contributed by atoms with van der Waals surface area (Å²) >= 11 is 0. The first-order valence-electron chi connectivity index (χ1n) is 17.2. The summed E-state index contributed by atoms with van der Waals surface area (Å²) < 4.78 is 0. The van der Waals surface area contributed by atoms with Gasteiger partial charge in [0.15, 0.2) is 0 Å². The molecule has 2 N–H and O–H groups in total. The zero-order valence-electron chi connectivity index (χ0n) is 27.5. The Morgan fingerprint density at radius 2 is 1.16 bits per heavy atom. The first-order chi connectivity index (χ1) is 24.2. The van der Waals surface area contributed by atoms with Crippen molar-refractivity contribution in [1.82, 2.24) is 0 Å². The molecule has 0 fully saturated rings. The van der Waals surface area contributed by atoms with Gasteiger partial charge in [0.1, 0.15) is 0 Å². The molecule has 0 amide bonds. The van der Waals surface area contributed by atoms with E-state index in [1.807, 2.05) is 0 Å². The molecule has 1 aliphatic heterocycles. The molecule has 2 aliphatic rings. The lowest BCUT2D eigenvalue weighted by Gasteiger charge is -2.23. The van der Waals surface area contributed by atoms with E-state index in [2.05, 4.69) is 187 Å². The van der Waals surface area contributed by atoms with E-state index in [0.29, 0.717) is 5.92 Å². The number of allylic oxidation sites excluding steroid dienone is 1. The molecule has 1 atom stereocenters. The fourth-order valence-electron chi connectivity index (χ4n) is 7.57. The second-order valence-electron chi connectivity index (χ2n) is 13.2. The van der Waals surface area contributed by atoms with Crippen molar-refractivity contribution < 1.29 is 0 Å². The lowest BCUT2D eigenvalue weighted by Crippen LogP contribution is -2.06. The molecule has 1 heterocycles. The minimum absolute atomic E-state index is 0.484. The molecular formula is C47H36N2. The molecule has 1 unspecified atom stereocenters. The van der Waals surface area contributed by atoms with Crippen LogP contribution in [0.3, 0.4) is 0 Å². The minimum atomic E-state index is 0.484. The Morgan fingerprint density at radius 1 is 0.510 bits per heavy atom. The second-order valence-corrected chi connectivity index (χ2v) is 13.2. The van der Waals surface area contributed by atoms with Crippen molar-refractivity contribution in [3.63, 3.8) is 0 Å². The highest BCUT2D eigenvalue weighted by Gasteiger charge is 2.23. The molecule has 2 heteroatoms. The summed E-state index contributed by atoms with van der Waals surface area (Å²) in [5, 5.41) is 7.59. The van der Waals surface area contributed by atoms with Crippen LogP contribution in [0.4, 0.5) is 22.7 Å². The fraction of sp³-hybridized carbons (Fsp3) is 0.0638. The van der Waals surface area contributed by atoms with Crippen LogP contribution in [-0.4, -0.2) is 0 Å². The van der Waals surface area contributed by atoms with Crippen molar-refractivity contribution in [2.24, 2.45) is 5.92 Å². The Bertz CT molecular complexity index is 2370. The van der Waals surface area contributed by atoms with E-state index in [9.17, 15) is 0 Å². The van der Waals surface area contributed by atoms with Crippen molar-refractivity contribution in [2.45, 2.75) is 13.3 Å². The van der Waals surface area contributed by atoms with E-state index >= 15 is 0 Å². The third-order valence-corrected chi connectivity index (χ3v) is 9.94. The summed E-state index contributed by atoms with van der Waals surface area (Å²) in [6.45, 7) is 2.31. The van der Waals surface area contributed by atoms with Crippen LogP contribution in [0.1, 0.15) is 18.1 Å². The number of nitrogens with one attached hydrogen (secondary N) is 2. The number of rotatable bonds is 5. The van der Waals surface area contributed by atoms with Crippen molar-refractivity contribution in [3.8, 4) is 55.6 Å². The van der Waals surface area contributed by atoms with Crippen LogP contribution in [-0.2, 0) is 6.42 Å². The molecular weight excluding hydrogens is 593 g/mol. The zero-order chi connectivity index (χ0) is 32.7. The molecule has 0 spiro atoms. The molecule has 0 saturated carbocycles. The quantitative estimate of drug-likeness (QED) is 0.198. The van der Waals surface area contributed by atoms with Gasteiger partial charge in [-0.25, -0.2) is 0 Å². The normalized spacial score (nSPS) is 14.0. The Morgan fingerprint density at radius 3 is 1.98 bits per heavy atom. The van der Waals surface area contributed by atoms with Crippen LogP contribution < -0.4 is 10.6 Å². The molecule has 49 heavy (non-hydrogen) atoms. The van der Waals surface area contributed by atoms with Crippen molar-refractivity contribution in [3.05, 3.63) is 175 Å². The molecule has 0 radical (unpaired) electrons. The second kappa shape index (κ2) is 12.2. The van der Waals surface area contributed by atoms with Gasteiger partial charge in [0.2, 0.25) is 0 Å². The van der Waals surface area contributed by atoms with Crippen LogP contribution in [0.2, 0.25) is 0 Å². The van der Waals surface area contributed by atoms with Gasteiger partial charge in [-0.2, -0.15) is 0 Å². The standard InChI is InChI=1S/C47H36N2/c1-31-23-25-37-34(27-31)28-35(38-20-12-21-42-40-18-9-8-17-39(40)41-19-10-11-22-45(41)49-47(38)42)30-43(37)33-24-26-46(48-36-15-6-3-7-16-36)44(29-33)32-13-4-2-5-14-32/h2-26,28-31,48-49H,27H2,1H3. The Labute approximate surface area is 288 Å². The lowest BCUT2D eigenvalue weighted by molar-refractivity contribution is 0.718. The van der Waals surface area contributed by atoms with Gasteiger partial charge in [0.25, 0.3) is 0 Å². The van der Waals surface area contributed by atoms with Crippen molar-refractivity contribution in [1.29, 1.82) is 0 Å². The highest BCUT2D eigenvalue weighted by Crippen LogP contribution is 2.49. The monoisotopic (exact) mass is 628 g/mol. The summed E-state index contributed by atoms with van der Waals surface area (Å²) in [4.78, 5) is 0. The van der Waals surface area contributed by atoms with Gasteiger partial charge in [-0.05, 0) is 93.2 Å². The molecule has 234 valence electrons. The SMILES string of the molecule is CC1C=Cc2c(cc(-c3cccc4c3Nc3ccccc3-c3ccccc3-4)cc2-c2ccc(Nc3ccccc3)c(-c3ccccc3)c2)C1. The molecule has 2 nitrogen and oxygen atoms in total. The fourth-order valence-corrected chi connectivity index (χ4v) is 7.57. The first-order valence-corrected chi connectivity index (χ1v) is 17.2. The largest absolute Gasteiger partial charge is 0.355 e. The highest BCUT2D eigenvalue weighted by molar-refractivity contribution is 6.03. The maximum Gasteiger partial charge on any atom is 0.0543 e. The Kier molecular flexibility index (Phi) is 7.21. The molecule has 0 aromatic heterocycles. The highest BCUT2D eigenvalue weighted by atomic mass is 14.9. The van der Waals surface area contributed by atoms with Crippen molar-refractivity contribution in [2.75, 3.05) is 10.6 Å². The number of benzene rings is 7. The summed E-state index contributed by atoms with van der Waals surface area (Å²) in [5.41, 5.74) is 19.4. The summed E-state index contributed by atoms with van der Waals surface area (Å²) in [5.74, 6) is 0.484. The van der Waals surface area contributed by atoms with Crippen molar-refractivity contribution >= 4 is 28.8 Å². The maximum atomic E-state index is 3.90. The molecule has 7 aromatic rings. The van der Waals surface area contributed by atoms with Crippen LogP contribution in [0.15, 0.2) is 164 Å². The first kappa shape index (κ1) is 29.1. The predicted molar refractivity (Wildman–Crippen MR) is 209 cm³/mol. The Balaban J connectivity index is 1.24. The summed E-state index contributed by atoms with van der Waals surface area (Å²) in [7, 11) is 0. The van der Waals surface area contributed by atoms with Gasteiger partial charge in [0.05, 0.1) is 5.69 Å². The van der Waals surface area contributed by atoms with E-state index in [1.165, 1.54) is 66.8 Å². The molecule has 9 rings (SSSR count). The van der Waals surface area contributed by atoms with Gasteiger partial charge in [0, 0.05) is 39.3 Å². The summed E-state index contributed by atoms with van der Waals surface area (Å²) in [6.07, 6.45) is 5.72. The van der Waals surface area contributed by atoms with Gasteiger partial charge in [-0.15, -0.1) is 0 Å². The van der Waals surface area contributed by atoms with E-state index in [1.54, 1.807) is 0 Å². The zero-order valence-corrected chi connectivity index (χ0v) is 27.5. The smallest absolute Gasteiger partial charge is 0.0543 e. The van der Waals surface area contributed by atoms with E-state index in [0.717, 1.165) is 29.2 Å². The van der Waals surface area contributed by atoms with Gasteiger partial charge < -0.3 is 10.6 Å². The van der Waals surface area contributed by atoms with Gasteiger partial charge >= 0.3 is 0 Å². The number of para-hydroxylation sites is 3. The van der Waals surface area contributed by atoms with Crippen LogP contribution in [0, 0.1) is 5.92 Å². The van der Waals surface area contributed by atoms with Crippen LogP contribution in [0.5, 0.6) is 0 Å². The van der Waals surface area contributed by atoms with E-state index in [-0.39, 0.29) is 0 Å². The lowest BCUT2D eigenvalue weighted by atomic mass is 9.82. The number of fused-ring (bicyclic) bond motifs is 6. The third-order valence-electron chi connectivity index (χ3n) is 9.94. The summed E-state index contributed by atoms with van der Waals surface area (Å²) in [6, 6.07) is 57.0. The van der Waals surface area contributed by atoms with E-state index < -0.39 is 0 Å². The van der Waals surface area contributed by atoms with E-state index in [4.69, 9.17) is 0 Å². The predicted octanol–water partition coefficient (Wildman–Crippen LogP) is 13.0. The average Bonchev–Trinajstić information content (AvgIpc) is 3.30. The minimum Gasteiger partial charge on any atom is -0.355 e. The number of hydrogen-bond donors (Lipinski definition) is 2. The Hall–Kier alpha value is -6.12. The number of hydrogen-bond acceptors (Lipinski definition) is 2. The topological polar surface area (TPSA) is 24.1 Å². The van der Waals surface area contributed by atoms with Crippen LogP contribution >= 0.6 is 0 Å². The number of anilines is 4. The molecule has 0 saturated heterocycles. The van der Waals surface area contributed by atoms with Crippen LogP contribution in [0.25, 0.3) is 61.7 Å². The molecule has 1 aliphatic carbocycles. The van der Waals surface area contributed by atoms with Gasteiger partial charge in [-0.3, -0.25) is 0 Å².